The lowest BCUT2D eigenvalue weighted by Gasteiger charge is -2.34. The molecule has 5 nitrogen and oxygen atoms in total. The highest BCUT2D eigenvalue weighted by Crippen LogP contribution is 2.24. The van der Waals surface area contributed by atoms with Crippen LogP contribution in [0.3, 0.4) is 0 Å². The number of ether oxygens (including phenoxy) is 1. The first-order chi connectivity index (χ1) is 8.22. The zero-order valence-corrected chi connectivity index (χ0v) is 10.5. The Morgan fingerprint density at radius 2 is 2.00 bits per heavy atom. The molecule has 1 aromatic rings. The van der Waals surface area contributed by atoms with Crippen molar-refractivity contribution in [3.8, 4) is 0 Å². The second kappa shape index (κ2) is 5.31. The van der Waals surface area contributed by atoms with E-state index >= 15 is 0 Å². The zero-order valence-electron chi connectivity index (χ0n) is 10.5. The number of aromatic nitrogens is 2. The predicted molar refractivity (Wildman–Crippen MR) is 68.3 cm³/mol. The first-order valence-electron chi connectivity index (χ1n) is 6.14. The molecule has 0 bridgehead atoms. The number of anilines is 2. The minimum atomic E-state index is 0.0672. The lowest BCUT2D eigenvalue weighted by Crippen LogP contribution is -2.40. The summed E-state index contributed by atoms with van der Waals surface area (Å²) >= 11 is 0. The lowest BCUT2D eigenvalue weighted by atomic mass is 9.92. The fraction of sp³-hybridized carbons (Fsp3) is 0.667. The molecule has 2 heterocycles. The van der Waals surface area contributed by atoms with Gasteiger partial charge in [-0.3, -0.25) is 4.98 Å². The highest BCUT2D eigenvalue weighted by Gasteiger charge is 2.27. The fourth-order valence-corrected chi connectivity index (χ4v) is 1.95. The number of hydrogen-bond acceptors (Lipinski definition) is 5. The molecule has 1 fully saturated rings. The summed E-state index contributed by atoms with van der Waals surface area (Å²) < 4.78 is 5.38. The third-order valence-electron chi connectivity index (χ3n) is 3.02. The van der Waals surface area contributed by atoms with E-state index in [1.165, 1.54) is 0 Å². The van der Waals surface area contributed by atoms with E-state index in [4.69, 9.17) is 4.74 Å². The van der Waals surface area contributed by atoms with Gasteiger partial charge in [0.05, 0.1) is 12.4 Å². The van der Waals surface area contributed by atoms with Crippen molar-refractivity contribution in [3.05, 3.63) is 12.4 Å². The molecule has 0 amide bonds. The molecule has 0 spiro atoms. The Balaban J connectivity index is 2.04. The van der Waals surface area contributed by atoms with Gasteiger partial charge in [-0.1, -0.05) is 0 Å². The summed E-state index contributed by atoms with van der Waals surface area (Å²) in [5.74, 6) is 1.64. The van der Waals surface area contributed by atoms with Gasteiger partial charge in [0, 0.05) is 25.3 Å². The molecule has 0 aromatic carbocycles. The summed E-state index contributed by atoms with van der Waals surface area (Å²) in [4.78, 5) is 8.66. The molecule has 2 rings (SSSR count). The molecule has 1 aliphatic heterocycles. The Morgan fingerprint density at radius 1 is 1.29 bits per heavy atom. The van der Waals surface area contributed by atoms with Gasteiger partial charge in [0.2, 0.25) is 0 Å². The Morgan fingerprint density at radius 3 is 2.71 bits per heavy atom. The number of nitrogens with one attached hydrogen (secondary N) is 2. The van der Waals surface area contributed by atoms with Crippen LogP contribution in [-0.4, -0.2) is 35.3 Å². The smallest absolute Gasteiger partial charge is 0.147 e. The zero-order chi connectivity index (χ0) is 12.1. The molecule has 0 unspecified atom stereocenters. The summed E-state index contributed by atoms with van der Waals surface area (Å²) in [6.45, 7) is 6.72. The molecular weight excluding hydrogens is 216 g/mol. The van der Waals surface area contributed by atoms with Crippen LogP contribution in [0.15, 0.2) is 12.4 Å². The maximum Gasteiger partial charge on any atom is 0.147 e. The van der Waals surface area contributed by atoms with Gasteiger partial charge in [-0.05, 0) is 26.7 Å². The maximum absolute atomic E-state index is 5.38. The van der Waals surface area contributed by atoms with E-state index in [2.05, 4.69) is 27.5 Å². The molecule has 2 N–H and O–H groups in total. The van der Waals surface area contributed by atoms with Crippen LogP contribution in [0, 0.1) is 0 Å². The monoisotopic (exact) mass is 236 g/mol. The van der Waals surface area contributed by atoms with Crippen molar-refractivity contribution in [3.63, 3.8) is 0 Å². The topological polar surface area (TPSA) is 59.1 Å². The van der Waals surface area contributed by atoms with E-state index in [1.54, 1.807) is 12.4 Å². The maximum atomic E-state index is 5.38. The largest absolute Gasteiger partial charge is 0.381 e. The van der Waals surface area contributed by atoms with Crippen molar-refractivity contribution >= 4 is 11.6 Å². The van der Waals surface area contributed by atoms with Crippen LogP contribution in [0.4, 0.5) is 11.6 Å². The minimum absolute atomic E-state index is 0.0672. The van der Waals surface area contributed by atoms with E-state index in [0.717, 1.165) is 44.2 Å². The molecule has 0 aliphatic carbocycles. The molecule has 1 aliphatic rings. The van der Waals surface area contributed by atoms with Crippen LogP contribution < -0.4 is 10.6 Å². The predicted octanol–water partition coefficient (Wildman–Crippen LogP) is 1.89. The molecular formula is C12H20N4O. The van der Waals surface area contributed by atoms with Gasteiger partial charge in [0.25, 0.3) is 0 Å². The van der Waals surface area contributed by atoms with Crippen molar-refractivity contribution in [1.29, 1.82) is 0 Å². The summed E-state index contributed by atoms with van der Waals surface area (Å²) in [6, 6.07) is 0. The second-order valence-electron chi connectivity index (χ2n) is 4.62. The molecule has 94 valence electrons. The third kappa shape index (κ3) is 3.30. The lowest BCUT2D eigenvalue weighted by molar-refractivity contribution is 0.0657. The number of hydrogen-bond donors (Lipinski definition) is 2. The van der Waals surface area contributed by atoms with Crippen LogP contribution in [0.25, 0.3) is 0 Å². The van der Waals surface area contributed by atoms with Crippen molar-refractivity contribution in [2.45, 2.75) is 32.2 Å². The quantitative estimate of drug-likeness (QED) is 0.836. The summed E-state index contributed by atoms with van der Waals surface area (Å²) in [6.07, 6.45) is 5.50. The minimum Gasteiger partial charge on any atom is -0.381 e. The van der Waals surface area contributed by atoms with E-state index < -0.39 is 0 Å². The fourth-order valence-electron chi connectivity index (χ4n) is 1.95. The molecule has 1 saturated heterocycles. The highest BCUT2D eigenvalue weighted by atomic mass is 16.5. The van der Waals surface area contributed by atoms with Crippen molar-refractivity contribution < 1.29 is 4.74 Å². The molecule has 0 radical (unpaired) electrons. The number of rotatable bonds is 4. The van der Waals surface area contributed by atoms with Gasteiger partial charge in [0.1, 0.15) is 11.6 Å². The summed E-state index contributed by atoms with van der Waals surface area (Å²) in [7, 11) is 0. The third-order valence-corrected chi connectivity index (χ3v) is 3.02. The Labute approximate surface area is 102 Å². The van der Waals surface area contributed by atoms with E-state index in [9.17, 15) is 0 Å². The normalized spacial score (nSPS) is 18.7. The van der Waals surface area contributed by atoms with E-state index in [-0.39, 0.29) is 5.54 Å². The van der Waals surface area contributed by atoms with Gasteiger partial charge in [-0.2, -0.15) is 0 Å². The standard InChI is InChI=1S/C12H20N4O/c1-3-14-10-8-13-9-11(15-10)16-12(2)4-6-17-7-5-12/h8-9H,3-7H2,1-2H3,(H2,14,15,16). The van der Waals surface area contributed by atoms with Crippen molar-refractivity contribution in [2.75, 3.05) is 30.4 Å². The van der Waals surface area contributed by atoms with E-state index in [1.807, 2.05) is 6.92 Å². The summed E-state index contributed by atoms with van der Waals surface area (Å²) in [5, 5.41) is 6.62. The molecule has 17 heavy (non-hydrogen) atoms. The highest BCUT2D eigenvalue weighted by molar-refractivity contribution is 5.43. The van der Waals surface area contributed by atoms with Gasteiger partial charge in [-0.15, -0.1) is 0 Å². The Bertz CT molecular complexity index is 363. The van der Waals surface area contributed by atoms with Crippen LogP contribution in [0.5, 0.6) is 0 Å². The van der Waals surface area contributed by atoms with Crippen molar-refractivity contribution in [1.82, 2.24) is 9.97 Å². The molecule has 5 heteroatoms. The average molecular weight is 236 g/mol. The van der Waals surface area contributed by atoms with Crippen LogP contribution in [0.2, 0.25) is 0 Å². The number of nitrogens with zero attached hydrogens (tertiary/aromatic N) is 2. The average Bonchev–Trinajstić information content (AvgIpc) is 2.30. The van der Waals surface area contributed by atoms with Crippen molar-refractivity contribution in [2.24, 2.45) is 0 Å². The summed E-state index contributed by atoms with van der Waals surface area (Å²) in [5.41, 5.74) is 0.0672. The van der Waals surface area contributed by atoms with Gasteiger partial charge < -0.3 is 15.4 Å². The second-order valence-corrected chi connectivity index (χ2v) is 4.62. The SMILES string of the molecule is CCNc1cncc(NC2(C)CCOCC2)n1. The first kappa shape index (κ1) is 12.1. The van der Waals surface area contributed by atoms with E-state index in [0.29, 0.717) is 0 Å². The van der Waals surface area contributed by atoms with Crippen LogP contribution >= 0.6 is 0 Å². The molecule has 0 saturated carbocycles. The molecule has 1 aromatic heterocycles. The van der Waals surface area contributed by atoms with Crippen LogP contribution in [-0.2, 0) is 4.74 Å². The van der Waals surface area contributed by atoms with Crippen LogP contribution in [0.1, 0.15) is 26.7 Å². The first-order valence-corrected chi connectivity index (χ1v) is 6.14. The Hall–Kier alpha value is -1.36. The van der Waals surface area contributed by atoms with Gasteiger partial charge >= 0.3 is 0 Å². The molecule has 0 atom stereocenters. The van der Waals surface area contributed by atoms with Gasteiger partial charge in [0.15, 0.2) is 0 Å². The Kier molecular flexibility index (Phi) is 3.78. The van der Waals surface area contributed by atoms with Gasteiger partial charge in [-0.25, -0.2) is 4.98 Å².